The molecule has 0 amide bonds. The van der Waals surface area contributed by atoms with E-state index in [0.717, 1.165) is 0 Å². The van der Waals surface area contributed by atoms with Gasteiger partial charge >= 0.3 is 0 Å². The lowest BCUT2D eigenvalue weighted by Gasteiger charge is -2.32. The topological polar surface area (TPSA) is 3.24 Å². The van der Waals surface area contributed by atoms with Gasteiger partial charge in [-0.1, -0.05) is 103 Å². The minimum Gasteiger partial charge on any atom is -0.304 e. The molecule has 0 heterocycles. The maximum Gasteiger partial charge on any atom is 0.0147 e. The SMILES string of the molecule is CCCCCCCCCCCCCCCCCC(C)(C)N(C)C. The summed E-state index contributed by atoms with van der Waals surface area (Å²) in [6.07, 6.45) is 23.1. The zero-order valence-electron chi connectivity index (χ0n) is 17.3. The van der Waals surface area contributed by atoms with E-state index in [1.807, 2.05) is 0 Å². The van der Waals surface area contributed by atoms with Crippen LogP contribution < -0.4 is 0 Å². The van der Waals surface area contributed by atoms with E-state index >= 15 is 0 Å². The van der Waals surface area contributed by atoms with Gasteiger partial charge in [-0.2, -0.15) is 0 Å². The third kappa shape index (κ3) is 15.2. The monoisotopic (exact) mass is 325 g/mol. The van der Waals surface area contributed by atoms with Crippen LogP contribution in [0.4, 0.5) is 0 Å². The van der Waals surface area contributed by atoms with E-state index in [4.69, 9.17) is 0 Å². The molecule has 1 nitrogen and oxygen atoms in total. The highest BCUT2D eigenvalue weighted by Crippen LogP contribution is 2.20. The Morgan fingerprint density at radius 3 is 1.13 bits per heavy atom. The van der Waals surface area contributed by atoms with Crippen molar-refractivity contribution in [2.75, 3.05) is 14.1 Å². The molecule has 0 spiro atoms. The molecule has 0 atom stereocenters. The van der Waals surface area contributed by atoms with Crippen molar-refractivity contribution in [3.05, 3.63) is 0 Å². The van der Waals surface area contributed by atoms with Gasteiger partial charge in [0.2, 0.25) is 0 Å². The van der Waals surface area contributed by atoms with E-state index in [0.29, 0.717) is 5.54 Å². The highest BCUT2D eigenvalue weighted by Gasteiger charge is 2.18. The first-order valence-electron chi connectivity index (χ1n) is 10.7. The summed E-state index contributed by atoms with van der Waals surface area (Å²) < 4.78 is 0. The van der Waals surface area contributed by atoms with Crippen molar-refractivity contribution in [1.29, 1.82) is 0 Å². The number of hydrogen-bond donors (Lipinski definition) is 0. The summed E-state index contributed by atoms with van der Waals surface area (Å²) >= 11 is 0. The lowest BCUT2D eigenvalue weighted by Crippen LogP contribution is -2.37. The average Bonchev–Trinajstić information content (AvgIpc) is 2.51. The zero-order chi connectivity index (χ0) is 17.4. The van der Waals surface area contributed by atoms with Crippen LogP contribution in [0.2, 0.25) is 0 Å². The fourth-order valence-corrected chi connectivity index (χ4v) is 3.15. The maximum atomic E-state index is 2.36. The number of hydrogen-bond acceptors (Lipinski definition) is 1. The molecular formula is C22H47N. The van der Waals surface area contributed by atoms with E-state index in [-0.39, 0.29) is 0 Å². The van der Waals surface area contributed by atoms with E-state index in [2.05, 4.69) is 39.8 Å². The van der Waals surface area contributed by atoms with Crippen molar-refractivity contribution in [3.8, 4) is 0 Å². The Hall–Kier alpha value is -0.0400. The Balaban J connectivity index is 3.14. The molecule has 0 saturated carbocycles. The second-order valence-corrected chi connectivity index (χ2v) is 8.41. The van der Waals surface area contributed by atoms with Crippen LogP contribution in [-0.4, -0.2) is 24.5 Å². The molecule has 0 radical (unpaired) electrons. The second-order valence-electron chi connectivity index (χ2n) is 8.41. The van der Waals surface area contributed by atoms with Gasteiger partial charge in [-0.3, -0.25) is 0 Å². The highest BCUT2D eigenvalue weighted by molar-refractivity contribution is 4.76. The molecule has 0 rings (SSSR count). The Kier molecular flexibility index (Phi) is 15.5. The van der Waals surface area contributed by atoms with Crippen LogP contribution in [0.5, 0.6) is 0 Å². The molecule has 0 bridgehead atoms. The summed E-state index contributed by atoms with van der Waals surface area (Å²) in [4.78, 5) is 2.36. The molecular weight excluding hydrogens is 278 g/mol. The van der Waals surface area contributed by atoms with Crippen LogP contribution in [0.25, 0.3) is 0 Å². The second kappa shape index (κ2) is 15.5. The molecule has 0 aromatic rings. The minimum absolute atomic E-state index is 0.372. The Morgan fingerprint density at radius 2 is 0.826 bits per heavy atom. The van der Waals surface area contributed by atoms with E-state index in [1.54, 1.807) is 0 Å². The van der Waals surface area contributed by atoms with Crippen LogP contribution >= 0.6 is 0 Å². The molecule has 0 aliphatic carbocycles. The van der Waals surface area contributed by atoms with Gasteiger partial charge in [0.25, 0.3) is 0 Å². The first-order valence-corrected chi connectivity index (χ1v) is 10.7. The molecule has 0 unspecified atom stereocenters. The lowest BCUT2D eigenvalue weighted by molar-refractivity contribution is 0.177. The summed E-state index contributed by atoms with van der Waals surface area (Å²) in [6, 6.07) is 0. The zero-order valence-corrected chi connectivity index (χ0v) is 17.3. The van der Waals surface area contributed by atoms with Crippen LogP contribution in [-0.2, 0) is 0 Å². The van der Waals surface area contributed by atoms with E-state index in [1.165, 1.54) is 103 Å². The quantitative estimate of drug-likeness (QED) is 0.249. The fourth-order valence-electron chi connectivity index (χ4n) is 3.15. The predicted molar refractivity (Wildman–Crippen MR) is 107 cm³/mol. The van der Waals surface area contributed by atoms with Crippen molar-refractivity contribution in [3.63, 3.8) is 0 Å². The first-order chi connectivity index (χ1) is 11.0. The van der Waals surface area contributed by atoms with Crippen LogP contribution in [0.15, 0.2) is 0 Å². The average molecular weight is 326 g/mol. The van der Waals surface area contributed by atoms with E-state index < -0.39 is 0 Å². The van der Waals surface area contributed by atoms with Gasteiger partial charge in [0.15, 0.2) is 0 Å². The van der Waals surface area contributed by atoms with E-state index in [9.17, 15) is 0 Å². The Labute approximate surface area is 148 Å². The van der Waals surface area contributed by atoms with Crippen molar-refractivity contribution in [1.82, 2.24) is 4.90 Å². The number of rotatable bonds is 17. The minimum atomic E-state index is 0.372. The van der Waals surface area contributed by atoms with Gasteiger partial charge in [-0.15, -0.1) is 0 Å². The highest BCUT2D eigenvalue weighted by atomic mass is 15.1. The molecule has 0 aliphatic heterocycles. The summed E-state index contributed by atoms with van der Waals surface area (Å²) in [5, 5.41) is 0. The molecule has 0 N–H and O–H groups in total. The maximum absolute atomic E-state index is 2.36. The summed E-state index contributed by atoms with van der Waals surface area (Å²) in [6.45, 7) is 7.01. The molecule has 23 heavy (non-hydrogen) atoms. The first kappa shape index (κ1) is 23.0. The van der Waals surface area contributed by atoms with Gasteiger partial charge in [0.05, 0.1) is 0 Å². The molecule has 0 aliphatic rings. The number of nitrogens with zero attached hydrogens (tertiary/aromatic N) is 1. The van der Waals surface area contributed by atoms with Crippen molar-refractivity contribution in [2.45, 2.75) is 129 Å². The molecule has 140 valence electrons. The lowest BCUT2D eigenvalue weighted by atomic mass is 9.95. The molecule has 1 heteroatoms. The molecule has 0 aromatic carbocycles. The van der Waals surface area contributed by atoms with Crippen LogP contribution in [0.1, 0.15) is 124 Å². The summed E-state index contributed by atoms with van der Waals surface area (Å²) in [5.74, 6) is 0. The molecule has 0 aromatic heterocycles. The smallest absolute Gasteiger partial charge is 0.0147 e. The van der Waals surface area contributed by atoms with Gasteiger partial charge < -0.3 is 4.90 Å². The summed E-state index contributed by atoms with van der Waals surface area (Å²) in [5.41, 5.74) is 0.372. The van der Waals surface area contributed by atoms with Gasteiger partial charge in [0.1, 0.15) is 0 Å². The van der Waals surface area contributed by atoms with Crippen LogP contribution in [0, 0.1) is 0 Å². The normalized spacial score (nSPS) is 12.3. The Bertz CT molecular complexity index is 232. The predicted octanol–water partition coefficient (Wildman–Crippen LogP) is 7.59. The molecule has 0 fully saturated rings. The van der Waals surface area contributed by atoms with Gasteiger partial charge in [0, 0.05) is 5.54 Å². The molecule has 0 saturated heterocycles. The van der Waals surface area contributed by atoms with Crippen molar-refractivity contribution >= 4 is 0 Å². The largest absolute Gasteiger partial charge is 0.304 e. The fraction of sp³-hybridized carbons (Fsp3) is 1.00. The van der Waals surface area contributed by atoms with Gasteiger partial charge in [-0.25, -0.2) is 0 Å². The van der Waals surface area contributed by atoms with Crippen molar-refractivity contribution in [2.24, 2.45) is 0 Å². The summed E-state index contributed by atoms with van der Waals surface area (Å²) in [7, 11) is 4.40. The third-order valence-electron chi connectivity index (χ3n) is 5.60. The van der Waals surface area contributed by atoms with Crippen LogP contribution in [0.3, 0.4) is 0 Å². The van der Waals surface area contributed by atoms with Gasteiger partial charge in [-0.05, 0) is 34.4 Å². The third-order valence-corrected chi connectivity index (χ3v) is 5.60. The standard InChI is InChI=1S/C22H47N/c1-6-7-8-9-10-11-12-13-14-15-16-17-18-19-20-21-22(2,3)23(4)5/h6-21H2,1-5H3. The Morgan fingerprint density at radius 1 is 0.522 bits per heavy atom. The number of unbranched alkanes of at least 4 members (excludes halogenated alkanes) is 14. The van der Waals surface area contributed by atoms with Crippen molar-refractivity contribution < 1.29 is 0 Å².